The number of aryl methyl sites for hydroxylation is 1. The van der Waals surface area contributed by atoms with Crippen LogP contribution in [-0.2, 0) is 37.7 Å². The fraction of sp³-hybridized carbons (Fsp3) is 0.433. The van der Waals surface area contributed by atoms with E-state index in [1.54, 1.807) is 37.3 Å². The maximum atomic E-state index is 16.2. The van der Waals surface area contributed by atoms with E-state index in [1.165, 1.54) is 26.5 Å². The van der Waals surface area contributed by atoms with E-state index in [4.69, 9.17) is 9.47 Å². The van der Waals surface area contributed by atoms with Crippen molar-refractivity contribution in [2.75, 3.05) is 36.6 Å². The molecule has 0 saturated carbocycles. The standard InChI is InChI=1S/C30H32FN5O8S2/c1-2-35-26(39)19-8-6-7-18-21(11-10-20(24(18)19)27(35)40)32-29(42)44-14-16-46-45-15-13-43-28(41)30(31)12-5-3-4-9-22-25(30)36(34-33-22)17-23(37)38/h6-8,10-11H,2-5,9,12-17H2,1H3,(H,32,42)(H,37,38). The first-order valence-electron chi connectivity index (χ1n) is 14.8. The molecule has 3 amide bonds. The van der Waals surface area contributed by atoms with Crippen molar-refractivity contribution in [2.24, 2.45) is 0 Å². The Morgan fingerprint density at radius 2 is 1.74 bits per heavy atom. The summed E-state index contributed by atoms with van der Waals surface area (Å²) in [6.45, 7) is 1.36. The lowest BCUT2D eigenvalue weighted by molar-refractivity contribution is -0.159. The smallest absolute Gasteiger partial charge is 0.411 e. The molecule has 1 aliphatic carbocycles. The van der Waals surface area contributed by atoms with Crippen LogP contribution in [0.4, 0.5) is 14.9 Å². The summed E-state index contributed by atoms with van der Waals surface area (Å²) in [6.07, 6.45) is 1.40. The number of alkyl halides is 1. The van der Waals surface area contributed by atoms with Crippen LogP contribution < -0.4 is 5.32 Å². The van der Waals surface area contributed by atoms with Crippen LogP contribution in [0, 0.1) is 0 Å². The number of rotatable bonds is 12. The fourth-order valence-electron chi connectivity index (χ4n) is 5.60. The van der Waals surface area contributed by atoms with Gasteiger partial charge in [-0.25, -0.2) is 18.7 Å². The average Bonchev–Trinajstić information content (AvgIpc) is 3.41. The Morgan fingerprint density at radius 3 is 2.46 bits per heavy atom. The van der Waals surface area contributed by atoms with Crippen LogP contribution in [0.5, 0.6) is 0 Å². The van der Waals surface area contributed by atoms with Gasteiger partial charge in [0.25, 0.3) is 11.8 Å². The van der Waals surface area contributed by atoms with E-state index in [0.29, 0.717) is 58.4 Å². The van der Waals surface area contributed by atoms with Crippen LogP contribution >= 0.6 is 21.6 Å². The number of nitrogens with one attached hydrogen (secondary N) is 1. The molecule has 1 aliphatic heterocycles. The third kappa shape index (κ3) is 6.82. The zero-order valence-electron chi connectivity index (χ0n) is 25.0. The van der Waals surface area contributed by atoms with Gasteiger partial charge in [-0.3, -0.25) is 24.6 Å². The van der Waals surface area contributed by atoms with Gasteiger partial charge in [0.05, 0.1) is 11.4 Å². The van der Waals surface area contributed by atoms with Gasteiger partial charge in [0.1, 0.15) is 25.5 Å². The Bertz CT molecular complexity index is 1660. The number of nitrogens with zero attached hydrogens (tertiary/aromatic N) is 4. The number of carboxylic acid groups (broad SMARTS) is 1. The summed E-state index contributed by atoms with van der Waals surface area (Å²) >= 11 is 0. The molecule has 2 N–H and O–H groups in total. The second kappa shape index (κ2) is 14.5. The molecule has 1 unspecified atom stereocenters. The number of fused-ring (bicyclic) bond motifs is 1. The molecule has 2 aliphatic rings. The number of amides is 3. The lowest BCUT2D eigenvalue weighted by Crippen LogP contribution is -2.40. The molecule has 1 atom stereocenters. The Morgan fingerprint density at radius 1 is 1.02 bits per heavy atom. The Balaban J connectivity index is 1.07. The van der Waals surface area contributed by atoms with Crippen molar-refractivity contribution in [1.29, 1.82) is 0 Å². The Kier molecular flexibility index (Phi) is 10.5. The number of aromatic nitrogens is 3. The number of carboxylic acids is 1. The van der Waals surface area contributed by atoms with Crippen molar-refractivity contribution in [3.8, 4) is 0 Å². The predicted molar refractivity (Wildman–Crippen MR) is 168 cm³/mol. The predicted octanol–water partition coefficient (Wildman–Crippen LogP) is 4.59. The monoisotopic (exact) mass is 673 g/mol. The highest BCUT2D eigenvalue weighted by atomic mass is 33.1. The molecule has 0 bridgehead atoms. The van der Waals surface area contributed by atoms with Crippen LogP contribution in [0.25, 0.3) is 10.8 Å². The number of carbonyl (C=O) groups excluding carboxylic acids is 4. The molecule has 3 aromatic rings. The van der Waals surface area contributed by atoms with Gasteiger partial charge in [0.15, 0.2) is 0 Å². The zero-order chi connectivity index (χ0) is 32.8. The SMILES string of the molecule is CCN1C(=O)c2cccc3c(NC(=O)OCCSSCCOC(=O)C4(F)CCCCCc5nnn(CC(=O)O)c54)ccc(c23)C1=O. The molecule has 244 valence electrons. The van der Waals surface area contributed by atoms with Crippen molar-refractivity contribution in [2.45, 2.75) is 51.2 Å². The molecule has 1 aromatic heterocycles. The number of benzene rings is 2. The van der Waals surface area contributed by atoms with Crippen molar-refractivity contribution in [3.05, 3.63) is 52.8 Å². The number of halogens is 1. The number of carbonyl (C=O) groups is 5. The van der Waals surface area contributed by atoms with E-state index >= 15 is 4.39 Å². The molecule has 16 heteroatoms. The third-order valence-electron chi connectivity index (χ3n) is 7.65. The number of hydrogen-bond donors (Lipinski definition) is 2. The normalized spacial score (nSPS) is 17.7. The van der Waals surface area contributed by atoms with Crippen molar-refractivity contribution >= 4 is 67.9 Å². The molecular weight excluding hydrogens is 641 g/mol. The van der Waals surface area contributed by atoms with Gasteiger partial charge < -0.3 is 14.6 Å². The van der Waals surface area contributed by atoms with Gasteiger partial charge in [-0.2, -0.15) is 0 Å². The summed E-state index contributed by atoms with van der Waals surface area (Å²) in [5.74, 6) is -2.32. The lowest BCUT2D eigenvalue weighted by Gasteiger charge is -2.26. The second-order valence-electron chi connectivity index (χ2n) is 10.6. The summed E-state index contributed by atoms with van der Waals surface area (Å²) in [6, 6.07) is 8.26. The van der Waals surface area contributed by atoms with Gasteiger partial charge in [-0.1, -0.05) is 45.4 Å². The number of anilines is 1. The van der Waals surface area contributed by atoms with Crippen LogP contribution in [0.15, 0.2) is 30.3 Å². The van der Waals surface area contributed by atoms with Crippen molar-refractivity contribution in [1.82, 2.24) is 19.9 Å². The topological polar surface area (TPSA) is 170 Å². The molecule has 2 aromatic carbocycles. The lowest BCUT2D eigenvalue weighted by atomic mass is 9.88. The molecule has 0 radical (unpaired) electrons. The van der Waals surface area contributed by atoms with Crippen LogP contribution in [0.3, 0.4) is 0 Å². The highest BCUT2D eigenvalue weighted by Gasteiger charge is 2.48. The molecule has 0 spiro atoms. The Labute approximate surface area is 270 Å². The molecule has 2 heterocycles. The highest BCUT2D eigenvalue weighted by molar-refractivity contribution is 8.76. The molecule has 0 saturated heterocycles. The van der Waals surface area contributed by atoms with Crippen LogP contribution in [0.1, 0.15) is 64.7 Å². The van der Waals surface area contributed by atoms with Gasteiger partial charge in [-0.15, -0.1) is 5.10 Å². The van der Waals surface area contributed by atoms with Gasteiger partial charge in [0, 0.05) is 39.9 Å². The third-order valence-corrected chi connectivity index (χ3v) is 9.98. The van der Waals surface area contributed by atoms with E-state index < -0.39 is 30.2 Å². The molecule has 13 nitrogen and oxygen atoms in total. The van der Waals surface area contributed by atoms with Crippen molar-refractivity contribution in [3.63, 3.8) is 0 Å². The van der Waals surface area contributed by atoms with Gasteiger partial charge >= 0.3 is 18.0 Å². The maximum absolute atomic E-state index is 16.2. The Hall–Kier alpha value is -4.18. The zero-order valence-corrected chi connectivity index (χ0v) is 26.6. The van der Waals surface area contributed by atoms with Crippen molar-refractivity contribution < 1.29 is 42.9 Å². The quantitative estimate of drug-likeness (QED) is 0.119. The largest absolute Gasteiger partial charge is 0.480 e. The first kappa shape index (κ1) is 33.2. The van der Waals surface area contributed by atoms with Crippen LogP contribution in [0.2, 0.25) is 0 Å². The summed E-state index contributed by atoms with van der Waals surface area (Å²) in [5.41, 5.74) is -1.23. The number of imide groups is 1. The van der Waals surface area contributed by atoms with E-state index in [-0.39, 0.29) is 49.4 Å². The number of hydrogen-bond acceptors (Lipinski definition) is 11. The molecule has 5 rings (SSSR count). The molecule has 46 heavy (non-hydrogen) atoms. The van der Waals surface area contributed by atoms with E-state index in [1.807, 2.05) is 0 Å². The number of esters is 1. The second-order valence-corrected chi connectivity index (χ2v) is 13.3. The van der Waals surface area contributed by atoms with E-state index in [2.05, 4.69) is 15.6 Å². The summed E-state index contributed by atoms with van der Waals surface area (Å²) in [7, 11) is 2.72. The summed E-state index contributed by atoms with van der Waals surface area (Å²) in [5, 5.41) is 20.6. The number of ether oxygens (including phenoxy) is 2. The minimum absolute atomic E-state index is 0.0733. The first-order chi connectivity index (χ1) is 22.2. The minimum atomic E-state index is -2.54. The maximum Gasteiger partial charge on any atom is 0.411 e. The van der Waals surface area contributed by atoms with Crippen LogP contribution in [-0.4, -0.2) is 86.1 Å². The number of aliphatic carboxylic acids is 1. The van der Waals surface area contributed by atoms with E-state index in [9.17, 15) is 29.1 Å². The highest BCUT2D eigenvalue weighted by Crippen LogP contribution is 2.38. The minimum Gasteiger partial charge on any atom is -0.480 e. The molecule has 0 fully saturated rings. The summed E-state index contributed by atoms with van der Waals surface area (Å²) < 4.78 is 27.7. The fourth-order valence-corrected chi connectivity index (χ4v) is 7.26. The van der Waals surface area contributed by atoms with Gasteiger partial charge in [-0.05, 0) is 50.8 Å². The molecular formula is C30H32FN5O8S2. The van der Waals surface area contributed by atoms with Gasteiger partial charge in [0.2, 0.25) is 5.67 Å². The van der Waals surface area contributed by atoms with E-state index in [0.717, 1.165) is 11.1 Å². The summed E-state index contributed by atoms with van der Waals surface area (Å²) in [4.78, 5) is 63.4. The average molecular weight is 674 g/mol. The first-order valence-corrected chi connectivity index (χ1v) is 17.3.